The molecule has 0 radical (unpaired) electrons. The third-order valence-electron chi connectivity index (χ3n) is 4.04. The van der Waals surface area contributed by atoms with Gasteiger partial charge in [-0.3, -0.25) is 0 Å². The van der Waals surface area contributed by atoms with Gasteiger partial charge in [-0.15, -0.1) is 0 Å². The summed E-state index contributed by atoms with van der Waals surface area (Å²) in [4.78, 5) is 12.2. The van der Waals surface area contributed by atoms with Gasteiger partial charge in [-0.2, -0.15) is 15.2 Å². The number of aromatic nitrogens is 2. The van der Waals surface area contributed by atoms with Crippen molar-refractivity contribution in [2.75, 3.05) is 16.4 Å². The minimum atomic E-state index is 0.279. The van der Waals surface area contributed by atoms with E-state index < -0.39 is 0 Å². The molecule has 0 atom stereocenters. The number of nitrogen functional groups attached to an aromatic ring is 1. The van der Waals surface area contributed by atoms with Gasteiger partial charge in [0, 0.05) is 11.4 Å². The number of benzene rings is 2. The number of hydrogen-bond acceptors (Lipinski definition) is 6. The number of nitrogens with zero attached hydrogens (tertiary/aromatic N) is 4. The van der Waals surface area contributed by atoms with Crippen LogP contribution in [0, 0.1) is 31.8 Å². The smallest absolute Gasteiger partial charge is 0.231 e. The Balaban J connectivity index is 1.94. The van der Waals surface area contributed by atoms with Crippen LogP contribution in [0.3, 0.4) is 0 Å². The highest BCUT2D eigenvalue weighted by Gasteiger charge is 2.13. The fourth-order valence-corrected chi connectivity index (χ4v) is 2.96. The zero-order valence-corrected chi connectivity index (χ0v) is 16.8. The van der Waals surface area contributed by atoms with Gasteiger partial charge in [-0.1, -0.05) is 12.1 Å². The van der Waals surface area contributed by atoms with E-state index in [9.17, 15) is 0 Å². The highest BCUT2D eigenvalue weighted by molar-refractivity contribution is 9.10. The van der Waals surface area contributed by atoms with Crippen molar-refractivity contribution in [3.63, 3.8) is 0 Å². The molecule has 0 unspecified atom stereocenters. The summed E-state index contributed by atoms with van der Waals surface area (Å²) in [5, 5.41) is 15.3. The van der Waals surface area contributed by atoms with Crippen molar-refractivity contribution in [1.82, 2.24) is 9.97 Å². The minimum absolute atomic E-state index is 0.279. The van der Waals surface area contributed by atoms with E-state index in [2.05, 4.69) is 47.4 Å². The van der Waals surface area contributed by atoms with E-state index in [1.807, 2.05) is 26.0 Å². The van der Waals surface area contributed by atoms with Crippen molar-refractivity contribution >= 4 is 50.6 Å². The summed E-state index contributed by atoms with van der Waals surface area (Å²) in [5.74, 6) is 1.10. The lowest BCUT2D eigenvalue weighted by molar-refractivity contribution is 1.16. The molecule has 0 aliphatic rings. The number of nitrogens with two attached hydrogens (primary N) is 1. The van der Waals surface area contributed by atoms with Crippen LogP contribution in [0.5, 0.6) is 0 Å². The summed E-state index contributed by atoms with van der Waals surface area (Å²) in [6, 6.07) is 12.7. The van der Waals surface area contributed by atoms with Crippen molar-refractivity contribution in [3.8, 4) is 6.07 Å². The Kier molecular flexibility index (Phi) is 5.44. The molecule has 0 aliphatic carbocycles. The molecule has 1 aromatic heterocycles. The SMILES string of the molecule is [C-]#[N+]c1cc(C)c(Nc2nc(Nc3ccc(C#N)cc3)nc(N)c2Br)c(C)c1. The van der Waals surface area contributed by atoms with Crippen molar-refractivity contribution in [1.29, 1.82) is 5.26 Å². The molecule has 3 rings (SSSR count). The van der Waals surface area contributed by atoms with Crippen LogP contribution in [0.15, 0.2) is 40.9 Å². The number of nitrogens with one attached hydrogen (secondary N) is 2. The highest BCUT2D eigenvalue weighted by Crippen LogP contribution is 2.34. The van der Waals surface area contributed by atoms with Crippen molar-refractivity contribution in [2.24, 2.45) is 0 Å². The molecular formula is C20H16BrN7. The first-order valence-corrected chi connectivity index (χ1v) is 9.06. The number of halogens is 1. The van der Waals surface area contributed by atoms with Gasteiger partial charge < -0.3 is 16.4 Å². The van der Waals surface area contributed by atoms with E-state index in [4.69, 9.17) is 17.6 Å². The second-order valence-corrected chi connectivity index (χ2v) is 6.89. The lowest BCUT2D eigenvalue weighted by atomic mass is 10.1. The van der Waals surface area contributed by atoms with Gasteiger partial charge in [0.25, 0.3) is 0 Å². The van der Waals surface area contributed by atoms with E-state index in [0.717, 1.165) is 22.5 Å². The molecular weight excluding hydrogens is 418 g/mol. The predicted octanol–water partition coefficient (Wildman–Crippen LogP) is 5.35. The average molecular weight is 434 g/mol. The van der Waals surface area contributed by atoms with Crippen molar-refractivity contribution < 1.29 is 0 Å². The first kappa shape index (κ1) is 19.2. The topological polar surface area (TPSA) is 104 Å². The van der Waals surface area contributed by atoms with Crippen LogP contribution in [-0.2, 0) is 0 Å². The summed E-state index contributed by atoms with van der Waals surface area (Å²) in [5.41, 5.74) is 10.6. The van der Waals surface area contributed by atoms with Gasteiger partial charge in [0.1, 0.15) is 10.3 Å². The maximum atomic E-state index is 8.90. The second-order valence-electron chi connectivity index (χ2n) is 6.10. The van der Waals surface area contributed by atoms with E-state index in [0.29, 0.717) is 27.5 Å². The van der Waals surface area contributed by atoms with Crippen molar-refractivity contribution in [3.05, 3.63) is 69.0 Å². The Morgan fingerprint density at radius 2 is 1.75 bits per heavy atom. The third kappa shape index (κ3) is 4.03. The van der Waals surface area contributed by atoms with Crippen molar-refractivity contribution in [2.45, 2.75) is 13.8 Å². The third-order valence-corrected chi connectivity index (χ3v) is 4.82. The molecule has 0 saturated heterocycles. The van der Waals surface area contributed by atoms with Crippen LogP contribution in [0.1, 0.15) is 16.7 Å². The highest BCUT2D eigenvalue weighted by atomic mass is 79.9. The van der Waals surface area contributed by atoms with Gasteiger partial charge >= 0.3 is 0 Å². The van der Waals surface area contributed by atoms with Gasteiger partial charge in [0.05, 0.1) is 18.2 Å². The Morgan fingerprint density at radius 1 is 1.11 bits per heavy atom. The number of anilines is 5. The zero-order chi connectivity index (χ0) is 20.3. The van der Waals surface area contributed by atoms with Crippen LogP contribution < -0.4 is 16.4 Å². The number of rotatable bonds is 4. The van der Waals surface area contributed by atoms with E-state index >= 15 is 0 Å². The predicted molar refractivity (Wildman–Crippen MR) is 114 cm³/mol. The molecule has 4 N–H and O–H groups in total. The second kappa shape index (κ2) is 7.95. The molecule has 138 valence electrons. The lowest BCUT2D eigenvalue weighted by Gasteiger charge is -2.16. The van der Waals surface area contributed by atoms with Gasteiger partial charge in [-0.25, -0.2) is 4.85 Å². The summed E-state index contributed by atoms with van der Waals surface area (Å²) >= 11 is 3.43. The maximum absolute atomic E-state index is 8.90. The number of hydrogen-bond donors (Lipinski definition) is 3. The van der Waals surface area contributed by atoms with Crippen LogP contribution in [0.2, 0.25) is 0 Å². The first-order valence-electron chi connectivity index (χ1n) is 8.27. The van der Waals surface area contributed by atoms with Gasteiger partial charge in [0.15, 0.2) is 11.5 Å². The quantitative estimate of drug-likeness (QED) is 0.479. The molecule has 0 fully saturated rings. The van der Waals surface area contributed by atoms with Crippen LogP contribution in [0.4, 0.5) is 34.6 Å². The Morgan fingerprint density at radius 3 is 2.32 bits per heavy atom. The summed E-state index contributed by atoms with van der Waals surface area (Å²) in [7, 11) is 0. The molecule has 0 aliphatic heterocycles. The Hall–Kier alpha value is -3.62. The standard InChI is InChI=1S/C20H16BrN7/c1-11-8-15(24-3)9-12(2)17(11)26-19-16(21)18(23)27-20(28-19)25-14-6-4-13(10-22)5-7-14/h4-9H,1-2H3,(H4,23,25,26,27,28). The normalized spacial score (nSPS) is 10.0. The Bertz CT molecular complexity index is 1100. The summed E-state index contributed by atoms with van der Waals surface area (Å²) < 4.78 is 0.547. The number of nitriles is 1. The fourth-order valence-electron chi connectivity index (χ4n) is 2.68. The fraction of sp³-hybridized carbons (Fsp3) is 0.100. The zero-order valence-electron chi connectivity index (χ0n) is 15.2. The van der Waals surface area contributed by atoms with Crippen LogP contribution in [0.25, 0.3) is 4.85 Å². The minimum Gasteiger partial charge on any atom is -0.383 e. The first-order chi connectivity index (χ1) is 13.4. The largest absolute Gasteiger partial charge is 0.383 e. The molecule has 0 saturated carbocycles. The molecule has 28 heavy (non-hydrogen) atoms. The molecule has 1 heterocycles. The van der Waals surface area contributed by atoms with E-state index in [1.54, 1.807) is 24.3 Å². The molecule has 2 aromatic carbocycles. The molecule has 7 nitrogen and oxygen atoms in total. The summed E-state index contributed by atoms with van der Waals surface area (Å²) in [6.07, 6.45) is 0. The van der Waals surface area contributed by atoms with Crippen LogP contribution in [-0.4, -0.2) is 9.97 Å². The summed E-state index contributed by atoms with van der Waals surface area (Å²) in [6.45, 7) is 11.0. The lowest BCUT2D eigenvalue weighted by Crippen LogP contribution is -2.06. The average Bonchev–Trinajstić information content (AvgIpc) is 2.68. The molecule has 8 heteroatoms. The van der Waals surface area contributed by atoms with Gasteiger partial charge in [0.2, 0.25) is 5.95 Å². The van der Waals surface area contributed by atoms with Gasteiger partial charge in [-0.05, 0) is 65.2 Å². The molecule has 3 aromatic rings. The Labute approximate surface area is 171 Å². The number of aryl methyl sites for hydroxylation is 2. The molecule has 0 bridgehead atoms. The van der Waals surface area contributed by atoms with E-state index in [1.165, 1.54) is 0 Å². The monoisotopic (exact) mass is 433 g/mol. The molecule has 0 spiro atoms. The maximum Gasteiger partial charge on any atom is 0.231 e. The van der Waals surface area contributed by atoms with Crippen LogP contribution >= 0.6 is 15.9 Å². The van der Waals surface area contributed by atoms with E-state index in [-0.39, 0.29) is 5.82 Å². The molecule has 0 amide bonds.